The Bertz CT molecular complexity index is 658. The van der Waals surface area contributed by atoms with Crippen molar-refractivity contribution in [1.29, 1.82) is 0 Å². The van der Waals surface area contributed by atoms with Gasteiger partial charge in [0.2, 0.25) is 5.91 Å². The Labute approximate surface area is 136 Å². The van der Waals surface area contributed by atoms with E-state index in [0.29, 0.717) is 26.2 Å². The molecule has 122 valence electrons. The minimum Gasteiger partial charge on any atom is -0.352 e. The van der Waals surface area contributed by atoms with Crippen molar-refractivity contribution in [2.75, 3.05) is 19.8 Å². The van der Waals surface area contributed by atoms with Crippen molar-refractivity contribution in [2.45, 2.75) is 37.9 Å². The number of ether oxygens (including phenoxy) is 2. The maximum atomic E-state index is 13.0. The smallest absolute Gasteiger partial charge is 0.235 e. The van der Waals surface area contributed by atoms with Gasteiger partial charge in [0, 0.05) is 18.4 Å². The molecule has 1 aromatic carbocycles. The van der Waals surface area contributed by atoms with Crippen molar-refractivity contribution in [3.05, 3.63) is 47.5 Å². The van der Waals surface area contributed by atoms with Gasteiger partial charge in [-0.15, -0.1) is 0 Å². The fourth-order valence-corrected chi connectivity index (χ4v) is 4.71. The molecule has 0 aromatic heterocycles. The molecule has 1 spiro atoms. The zero-order chi connectivity index (χ0) is 16.1. The lowest BCUT2D eigenvalue weighted by atomic mass is 9.53. The quantitative estimate of drug-likeness (QED) is 0.811. The van der Waals surface area contributed by atoms with Gasteiger partial charge in [0.15, 0.2) is 5.79 Å². The molecule has 1 unspecified atom stereocenters. The molecule has 4 nitrogen and oxygen atoms in total. The maximum Gasteiger partial charge on any atom is 0.235 e. The third-order valence-electron chi connectivity index (χ3n) is 5.89. The molecule has 1 aliphatic carbocycles. The second kappa shape index (κ2) is 4.92. The molecular weight excluding hydrogens is 290 g/mol. The fraction of sp³-hybridized carbons (Fsp3) is 0.526. The van der Waals surface area contributed by atoms with Gasteiger partial charge < -0.3 is 14.8 Å². The average molecular weight is 313 g/mol. The number of rotatable bonds is 1. The van der Waals surface area contributed by atoms with Gasteiger partial charge in [-0.1, -0.05) is 50.3 Å². The first-order chi connectivity index (χ1) is 11.0. The van der Waals surface area contributed by atoms with Gasteiger partial charge in [-0.25, -0.2) is 0 Å². The van der Waals surface area contributed by atoms with Gasteiger partial charge in [-0.3, -0.25) is 4.79 Å². The van der Waals surface area contributed by atoms with Crippen molar-refractivity contribution in [3.8, 4) is 0 Å². The molecule has 4 rings (SSSR count). The monoisotopic (exact) mass is 313 g/mol. The molecule has 1 N–H and O–H groups in total. The lowest BCUT2D eigenvalue weighted by Crippen LogP contribution is -2.62. The molecule has 2 fully saturated rings. The van der Waals surface area contributed by atoms with E-state index >= 15 is 0 Å². The zero-order valence-electron chi connectivity index (χ0n) is 13.7. The van der Waals surface area contributed by atoms with Crippen molar-refractivity contribution >= 4 is 5.91 Å². The Balaban J connectivity index is 1.90. The van der Waals surface area contributed by atoms with Crippen LogP contribution in [-0.4, -0.2) is 31.5 Å². The Morgan fingerprint density at radius 2 is 1.74 bits per heavy atom. The summed E-state index contributed by atoms with van der Waals surface area (Å²) >= 11 is 0. The van der Waals surface area contributed by atoms with Crippen LogP contribution in [-0.2, 0) is 19.7 Å². The maximum absolute atomic E-state index is 13.0. The Morgan fingerprint density at radius 3 is 2.43 bits per heavy atom. The molecule has 0 radical (unpaired) electrons. The van der Waals surface area contributed by atoms with E-state index in [0.717, 1.165) is 17.6 Å². The van der Waals surface area contributed by atoms with Crippen molar-refractivity contribution in [2.24, 2.45) is 5.41 Å². The van der Waals surface area contributed by atoms with E-state index < -0.39 is 11.2 Å². The molecule has 1 amide bonds. The highest BCUT2D eigenvalue weighted by Gasteiger charge is 2.63. The SMILES string of the molecule is CC1(C)C2=CCNC(=O)C2(c2ccccc2)CCC12OCCO2. The minimum absolute atomic E-state index is 0.0992. The average Bonchev–Trinajstić information content (AvgIpc) is 3.04. The first-order valence-electron chi connectivity index (χ1n) is 8.36. The number of carbonyl (C=O) groups excluding carboxylic acids is 1. The van der Waals surface area contributed by atoms with Crippen molar-refractivity contribution in [1.82, 2.24) is 5.32 Å². The minimum atomic E-state index is -0.608. The van der Waals surface area contributed by atoms with Crippen LogP contribution in [0.25, 0.3) is 0 Å². The highest BCUT2D eigenvalue weighted by molar-refractivity contribution is 5.94. The molecular formula is C19H23NO3. The first-order valence-corrected chi connectivity index (χ1v) is 8.36. The number of benzene rings is 1. The molecule has 2 aliphatic heterocycles. The van der Waals surface area contributed by atoms with Gasteiger partial charge in [0.1, 0.15) is 0 Å². The lowest BCUT2D eigenvalue weighted by molar-refractivity contribution is -0.235. The summed E-state index contributed by atoms with van der Waals surface area (Å²) in [7, 11) is 0. The summed E-state index contributed by atoms with van der Waals surface area (Å²) in [5, 5.41) is 3.04. The van der Waals surface area contributed by atoms with E-state index in [-0.39, 0.29) is 11.3 Å². The first kappa shape index (κ1) is 14.9. The summed E-state index contributed by atoms with van der Waals surface area (Å²) in [6, 6.07) is 10.1. The largest absolute Gasteiger partial charge is 0.352 e. The molecule has 1 saturated heterocycles. The van der Waals surface area contributed by atoms with Crippen LogP contribution in [0.1, 0.15) is 32.3 Å². The zero-order valence-corrected chi connectivity index (χ0v) is 13.7. The van der Waals surface area contributed by atoms with Crippen LogP contribution >= 0.6 is 0 Å². The predicted octanol–water partition coefficient (Wildman–Crippen LogP) is 2.54. The summed E-state index contributed by atoms with van der Waals surface area (Å²) in [4.78, 5) is 13.0. The van der Waals surface area contributed by atoms with E-state index in [1.165, 1.54) is 0 Å². The summed E-state index contributed by atoms with van der Waals surface area (Å²) in [5.41, 5.74) is 1.23. The van der Waals surface area contributed by atoms with Gasteiger partial charge in [0.05, 0.1) is 18.6 Å². The molecule has 0 bridgehead atoms. The standard InChI is InChI=1S/C19H23NO3/c1-17(2)15-8-11-20-16(21)18(15,14-6-4-3-5-7-14)9-10-19(17)22-12-13-23-19/h3-8H,9-13H2,1-2H3,(H,20,21). The Kier molecular flexibility index (Phi) is 3.19. The van der Waals surface area contributed by atoms with E-state index in [1.54, 1.807) is 0 Å². The van der Waals surface area contributed by atoms with E-state index in [4.69, 9.17) is 9.47 Å². The Hall–Kier alpha value is -1.65. The van der Waals surface area contributed by atoms with E-state index in [9.17, 15) is 4.79 Å². The molecule has 23 heavy (non-hydrogen) atoms. The van der Waals surface area contributed by atoms with Crippen LogP contribution in [0.15, 0.2) is 42.0 Å². The van der Waals surface area contributed by atoms with Crippen LogP contribution in [0, 0.1) is 5.41 Å². The molecule has 2 heterocycles. The van der Waals surface area contributed by atoms with Crippen LogP contribution in [0.3, 0.4) is 0 Å². The number of amides is 1. The normalized spacial score (nSPS) is 31.4. The summed E-state index contributed by atoms with van der Waals surface area (Å²) < 4.78 is 12.1. The third-order valence-corrected chi connectivity index (χ3v) is 5.89. The van der Waals surface area contributed by atoms with Crippen molar-refractivity contribution in [3.63, 3.8) is 0 Å². The highest BCUT2D eigenvalue weighted by atomic mass is 16.7. The predicted molar refractivity (Wildman–Crippen MR) is 86.9 cm³/mol. The van der Waals surface area contributed by atoms with Gasteiger partial charge in [-0.2, -0.15) is 0 Å². The number of carbonyl (C=O) groups is 1. The van der Waals surface area contributed by atoms with Crippen LogP contribution in [0.5, 0.6) is 0 Å². The number of hydrogen-bond acceptors (Lipinski definition) is 3. The molecule has 1 saturated carbocycles. The highest BCUT2D eigenvalue weighted by Crippen LogP contribution is 2.59. The summed E-state index contributed by atoms with van der Waals surface area (Å²) in [6.07, 6.45) is 3.60. The second-order valence-electron chi connectivity index (χ2n) is 7.17. The second-order valence-corrected chi connectivity index (χ2v) is 7.17. The Morgan fingerprint density at radius 1 is 1.04 bits per heavy atom. The van der Waals surface area contributed by atoms with Gasteiger partial charge >= 0.3 is 0 Å². The third kappa shape index (κ3) is 1.82. The van der Waals surface area contributed by atoms with Gasteiger partial charge in [0.25, 0.3) is 0 Å². The van der Waals surface area contributed by atoms with Crippen LogP contribution < -0.4 is 5.32 Å². The summed E-state index contributed by atoms with van der Waals surface area (Å²) in [6.45, 7) is 6.13. The molecule has 1 atom stereocenters. The summed E-state index contributed by atoms with van der Waals surface area (Å²) in [5.74, 6) is -0.503. The van der Waals surface area contributed by atoms with Crippen LogP contribution in [0.4, 0.5) is 0 Å². The van der Waals surface area contributed by atoms with E-state index in [1.807, 2.05) is 18.2 Å². The number of nitrogens with one attached hydrogen (secondary N) is 1. The number of hydrogen-bond donors (Lipinski definition) is 1. The molecule has 3 aliphatic rings. The number of fused-ring (bicyclic) bond motifs is 1. The van der Waals surface area contributed by atoms with E-state index in [2.05, 4.69) is 37.4 Å². The fourth-order valence-electron chi connectivity index (χ4n) is 4.71. The molecule has 4 heteroatoms. The molecule has 1 aromatic rings. The van der Waals surface area contributed by atoms with Gasteiger partial charge in [-0.05, 0) is 17.6 Å². The lowest BCUT2D eigenvalue weighted by Gasteiger charge is -2.56. The topological polar surface area (TPSA) is 47.6 Å². The van der Waals surface area contributed by atoms with Crippen LogP contribution in [0.2, 0.25) is 0 Å². The van der Waals surface area contributed by atoms with Crippen molar-refractivity contribution < 1.29 is 14.3 Å².